The van der Waals surface area contributed by atoms with Gasteiger partial charge in [-0.3, -0.25) is 0 Å². The molecule has 1 aliphatic rings. The van der Waals surface area contributed by atoms with Crippen molar-refractivity contribution in [3.05, 3.63) is 51.7 Å². The van der Waals surface area contributed by atoms with Gasteiger partial charge in [-0.15, -0.1) is 35.3 Å². The van der Waals surface area contributed by atoms with E-state index >= 15 is 0 Å². The zero-order valence-corrected chi connectivity index (χ0v) is 15.6. The van der Waals surface area contributed by atoms with Crippen LogP contribution in [0.5, 0.6) is 5.75 Å². The predicted octanol–water partition coefficient (Wildman–Crippen LogP) is 3.60. The number of rotatable bonds is 3. The molecule has 0 bridgehead atoms. The van der Waals surface area contributed by atoms with E-state index in [1.807, 2.05) is 18.2 Å². The first-order valence-corrected chi connectivity index (χ1v) is 7.87. The number of nitrogens with two attached hydrogens (primary N) is 1. The topological polar surface area (TPSA) is 59.6 Å². The minimum absolute atomic E-state index is 0. The van der Waals surface area contributed by atoms with Crippen LogP contribution in [0.4, 0.5) is 0 Å². The second-order valence-corrected chi connectivity index (χ2v) is 6.46. The SMILES string of the molecule is Cc1ccc(CN=C(N)NC2CCOc3ccccc32)s1.I. The van der Waals surface area contributed by atoms with Gasteiger partial charge in [0, 0.05) is 21.7 Å². The lowest BCUT2D eigenvalue weighted by molar-refractivity contribution is 0.262. The van der Waals surface area contributed by atoms with E-state index in [9.17, 15) is 0 Å². The van der Waals surface area contributed by atoms with E-state index in [1.54, 1.807) is 11.3 Å². The standard InChI is InChI=1S/C16H19N3OS.HI/c1-11-6-7-12(21-11)10-18-16(17)19-14-8-9-20-15-5-3-2-4-13(14)15;/h2-7,14H,8-10H2,1H3,(H3,17,18,19);1H. The van der Waals surface area contributed by atoms with Crippen LogP contribution in [-0.4, -0.2) is 12.6 Å². The van der Waals surface area contributed by atoms with E-state index in [0.717, 1.165) is 17.7 Å². The van der Waals surface area contributed by atoms with Gasteiger partial charge >= 0.3 is 0 Å². The maximum absolute atomic E-state index is 6.02. The number of guanidine groups is 1. The van der Waals surface area contributed by atoms with Gasteiger partial charge in [-0.2, -0.15) is 0 Å². The van der Waals surface area contributed by atoms with Crippen molar-refractivity contribution < 1.29 is 4.74 Å². The highest BCUT2D eigenvalue weighted by atomic mass is 127. The van der Waals surface area contributed by atoms with Crippen molar-refractivity contribution in [3.63, 3.8) is 0 Å². The van der Waals surface area contributed by atoms with Crippen molar-refractivity contribution in [3.8, 4) is 5.75 Å². The molecule has 118 valence electrons. The Balaban J connectivity index is 0.00000176. The molecular weight excluding hydrogens is 409 g/mol. The highest BCUT2D eigenvalue weighted by molar-refractivity contribution is 14.0. The zero-order valence-electron chi connectivity index (χ0n) is 12.4. The van der Waals surface area contributed by atoms with Crippen LogP contribution in [0, 0.1) is 6.92 Å². The predicted molar refractivity (Wildman–Crippen MR) is 102 cm³/mol. The Morgan fingerprint density at radius 3 is 2.95 bits per heavy atom. The van der Waals surface area contributed by atoms with Gasteiger partial charge in [-0.25, -0.2) is 4.99 Å². The average molecular weight is 429 g/mol. The summed E-state index contributed by atoms with van der Waals surface area (Å²) in [7, 11) is 0. The summed E-state index contributed by atoms with van der Waals surface area (Å²) in [5.74, 6) is 1.42. The van der Waals surface area contributed by atoms with Crippen LogP contribution in [0.1, 0.15) is 27.8 Å². The van der Waals surface area contributed by atoms with Gasteiger partial charge in [0.2, 0.25) is 0 Å². The van der Waals surface area contributed by atoms with Gasteiger partial charge in [0.15, 0.2) is 5.96 Å². The summed E-state index contributed by atoms with van der Waals surface area (Å²) in [5.41, 5.74) is 7.17. The summed E-state index contributed by atoms with van der Waals surface area (Å²) >= 11 is 1.75. The van der Waals surface area contributed by atoms with E-state index in [1.165, 1.54) is 9.75 Å². The summed E-state index contributed by atoms with van der Waals surface area (Å²) in [5, 5.41) is 3.30. The summed E-state index contributed by atoms with van der Waals surface area (Å²) in [6.07, 6.45) is 0.894. The molecule has 3 N–H and O–H groups in total. The number of thiophene rings is 1. The van der Waals surface area contributed by atoms with Crippen molar-refractivity contribution in [2.75, 3.05) is 6.61 Å². The fraction of sp³-hybridized carbons (Fsp3) is 0.312. The lowest BCUT2D eigenvalue weighted by Gasteiger charge is -2.26. The zero-order chi connectivity index (χ0) is 14.7. The number of para-hydroxylation sites is 1. The Bertz CT molecular complexity index is 656. The fourth-order valence-electron chi connectivity index (χ4n) is 2.45. The van der Waals surface area contributed by atoms with E-state index < -0.39 is 0 Å². The first-order chi connectivity index (χ1) is 10.2. The minimum atomic E-state index is 0. The summed E-state index contributed by atoms with van der Waals surface area (Å²) < 4.78 is 5.65. The van der Waals surface area contributed by atoms with Crippen molar-refractivity contribution in [2.45, 2.75) is 25.9 Å². The van der Waals surface area contributed by atoms with Crippen molar-refractivity contribution in [2.24, 2.45) is 10.7 Å². The maximum Gasteiger partial charge on any atom is 0.189 e. The van der Waals surface area contributed by atoms with E-state index in [2.05, 4.69) is 35.4 Å². The number of fused-ring (bicyclic) bond motifs is 1. The third-order valence-corrected chi connectivity index (χ3v) is 4.47. The third kappa shape index (κ3) is 4.13. The summed E-state index contributed by atoms with van der Waals surface area (Å²) in [6.45, 7) is 3.42. The molecule has 2 heterocycles. The minimum Gasteiger partial charge on any atom is -0.493 e. The van der Waals surface area contributed by atoms with Crippen molar-refractivity contribution in [1.82, 2.24) is 5.32 Å². The molecule has 22 heavy (non-hydrogen) atoms. The Morgan fingerprint density at radius 2 is 2.18 bits per heavy atom. The van der Waals surface area contributed by atoms with Crippen LogP contribution >= 0.6 is 35.3 Å². The quantitative estimate of drug-likeness (QED) is 0.445. The highest BCUT2D eigenvalue weighted by Gasteiger charge is 2.21. The molecular formula is C16H20IN3OS. The Kier molecular flexibility index (Phi) is 6.07. The second kappa shape index (κ2) is 7.82. The summed E-state index contributed by atoms with van der Waals surface area (Å²) in [4.78, 5) is 6.95. The fourth-order valence-corrected chi connectivity index (χ4v) is 3.26. The van der Waals surface area contributed by atoms with Gasteiger partial charge in [0.05, 0.1) is 19.2 Å². The van der Waals surface area contributed by atoms with Crippen LogP contribution in [0.15, 0.2) is 41.4 Å². The number of benzene rings is 1. The molecule has 3 rings (SSSR count). The number of aliphatic imine (C=N–C) groups is 1. The molecule has 4 nitrogen and oxygen atoms in total. The molecule has 0 amide bonds. The van der Waals surface area contributed by atoms with Crippen LogP contribution in [0.25, 0.3) is 0 Å². The number of hydrogen-bond donors (Lipinski definition) is 2. The van der Waals surface area contributed by atoms with Gasteiger partial charge in [-0.1, -0.05) is 18.2 Å². The molecule has 0 radical (unpaired) electrons. The molecule has 1 aromatic heterocycles. The van der Waals surface area contributed by atoms with Crippen LogP contribution in [0.3, 0.4) is 0 Å². The highest BCUT2D eigenvalue weighted by Crippen LogP contribution is 2.31. The van der Waals surface area contributed by atoms with Crippen molar-refractivity contribution >= 4 is 41.3 Å². The lowest BCUT2D eigenvalue weighted by atomic mass is 10.0. The molecule has 1 atom stereocenters. The summed E-state index contributed by atoms with van der Waals surface area (Å²) in [6, 6.07) is 12.4. The molecule has 0 aliphatic carbocycles. The number of nitrogens with one attached hydrogen (secondary N) is 1. The molecule has 1 unspecified atom stereocenters. The number of ether oxygens (including phenoxy) is 1. The molecule has 1 aromatic carbocycles. The first kappa shape index (κ1) is 17.1. The van der Waals surface area contributed by atoms with Crippen molar-refractivity contribution in [1.29, 1.82) is 0 Å². The normalized spacial score (nSPS) is 17.1. The molecule has 0 saturated carbocycles. The average Bonchev–Trinajstić information content (AvgIpc) is 2.91. The Labute approximate surface area is 151 Å². The Morgan fingerprint density at radius 1 is 1.36 bits per heavy atom. The van der Waals surface area contributed by atoms with E-state index in [-0.39, 0.29) is 30.0 Å². The molecule has 1 aliphatic heterocycles. The van der Waals surface area contributed by atoms with E-state index in [4.69, 9.17) is 10.5 Å². The molecule has 0 fully saturated rings. The van der Waals surface area contributed by atoms with Gasteiger partial charge < -0.3 is 15.8 Å². The maximum atomic E-state index is 6.02. The monoisotopic (exact) mass is 429 g/mol. The van der Waals surface area contributed by atoms with Crippen LogP contribution < -0.4 is 15.8 Å². The molecule has 0 spiro atoms. The van der Waals surface area contributed by atoms with Gasteiger partial charge in [0.1, 0.15) is 5.75 Å². The smallest absolute Gasteiger partial charge is 0.189 e. The molecule has 0 saturated heterocycles. The number of halogens is 1. The van der Waals surface area contributed by atoms with Gasteiger partial charge in [0.25, 0.3) is 0 Å². The second-order valence-electron chi connectivity index (χ2n) is 5.09. The van der Waals surface area contributed by atoms with Crippen LogP contribution in [-0.2, 0) is 6.54 Å². The van der Waals surface area contributed by atoms with E-state index in [0.29, 0.717) is 19.1 Å². The third-order valence-electron chi connectivity index (χ3n) is 3.48. The first-order valence-electron chi connectivity index (χ1n) is 7.06. The number of hydrogen-bond acceptors (Lipinski definition) is 3. The molecule has 2 aromatic rings. The largest absolute Gasteiger partial charge is 0.493 e. The Hall–Kier alpha value is -1.28. The van der Waals surface area contributed by atoms with Crippen LogP contribution in [0.2, 0.25) is 0 Å². The lowest BCUT2D eigenvalue weighted by Crippen LogP contribution is -2.37. The molecule has 6 heteroatoms. The number of nitrogens with zero attached hydrogens (tertiary/aromatic N) is 1. The van der Waals surface area contributed by atoms with Gasteiger partial charge in [-0.05, 0) is 25.1 Å². The number of aryl methyl sites for hydroxylation is 1.